The number of aryl methyl sites for hydroxylation is 1. The van der Waals surface area contributed by atoms with Gasteiger partial charge in [-0.2, -0.15) is 15.3 Å². The number of hydrogen-bond acceptors (Lipinski definition) is 4. The third-order valence-corrected chi connectivity index (χ3v) is 2.58. The molecule has 5 nitrogen and oxygen atoms in total. The molecule has 0 bridgehead atoms. The molecular weight excluding hydrogens is 204 g/mol. The van der Waals surface area contributed by atoms with Crippen LogP contribution in [0.3, 0.4) is 0 Å². The molecule has 0 amide bonds. The number of furan rings is 1. The molecule has 0 atom stereocenters. The lowest BCUT2D eigenvalue weighted by atomic mass is 10.1. The number of hydrogen-bond donors (Lipinski definition) is 1. The van der Waals surface area contributed by atoms with Gasteiger partial charge in [0, 0.05) is 17.5 Å². The summed E-state index contributed by atoms with van der Waals surface area (Å²) in [6, 6.07) is 1.92. The fourth-order valence-electron chi connectivity index (χ4n) is 1.73. The van der Waals surface area contributed by atoms with Gasteiger partial charge in [-0.1, -0.05) is 0 Å². The van der Waals surface area contributed by atoms with Crippen molar-refractivity contribution in [1.29, 1.82) is 0 Å². The normalized spacial score (nSPS) is 11.1. The lowest BCUT2D eigenvalue weighted by molar-refractivity contribution is 0.564. The van der Waals surface area contributed by atoms with Crippen LogP contribution in [-0.2, 0) is 6.42 Å². The van der Waals surface area contributed by atoms with Crippen LogP contribution in [0.25, 0.3) is 10.9 Å². The first-order valence-corrected chi connectivity index (χ1v) is 5.01. The van der Waals surface area contributed by atoms with Gasteiger partial charge in [-0.15, -0.1) is 0 Å². The lowest BCUT2D eigenvalue weighted by Gasteiger charge is -1.97. The van der Waals surface area contributed by atoms with E-state index in [0.717, 1.165) is 27.9 Å². The van der Waals surface area contributed by atoms with Crippen LogP contribution in [0.5, 0.6) is 0 Å². The second-order valence-corrected chi connectivity index (χ2v) is 3.71. The van der Waals surface area contributed by atoms with Gasteiger partial charge >= 0.3 is 0 Å². The standard InChI is InChI=1S/C11H10N4O/c1-7-9-5-12-14-10(11(9)15-13-7)4-8-2-3-16-6-8/h2-3,5-6H,4H2,1H3,(H,13,15). The zero-order valence-electron chi connectivity index (χ0n) is 8.77. The second-order valence-electron chi connectivity index (χ2n) is 3.71. The predicted molar refractivity (Wildman–Crippen MR) is 57.9 cm³/mol. The van der Waals surface area contributed by atoms with Gasteiger partial charge in [0.25, 0.3) is 0 Å². The minimum Gasteiger partial charge on any atom is -0.472 e. The minimum absolute atomic E-state index is 0.686. The third-order valence-electron chi connectivity index (χ3n) is 2.58. The van der Waals surface area contributed by atoms with Crippen LogP contribution in [0.2, 0.25) is 0 Å². The molecule has 3 aromatic heterocycles. The van der Waals surface area contributed by atoms with E-state index in [-0.39, 0.29) is 0 Å². The molecule has 5 heteroatoms. The summed E-state index contributed by atoms with van der Waals surface area (Å²) < 4.78 is 5.03. The number of rotatable bonds is 2. The molecule has 0 saturated heterocycles. The SMILES string of the molecule is Cc1[nH]nc2c(Cc3ccoc3)nncc12. The molecule has 1 N–H and O–H groups in total. The first-order valence-electron chi connectivity index (χ1n) is 5.01. The highest BCUT2D eigenvalue weighted by Gasteiger charge is 2.09. The summed E-state index contributed by atoms with van der Waals surface area (Å²) in [6.45, 7) is 1.97. The number of aromatic nitrogens is 4. The van der Waals surface area contributed by atoms with Gasteiger partial charge in [0.1, 0.15) is 5.52 Å². The number of nitrogens with zero attached hydrogens (tertiary/aromatic N) is 3. The molecule has 80 valence electrons. The molecule has 0 fully saturated rings. The number of nitrogens with one attached hydrogen (secondary N) is 1. The molecule has 0 saturated carbocycles. The summed E-state index contributed by atoms with van der Waals surface area (Å²) in [5.74, 6) is 0. The molecule has 0 aliphatic rings. The van der Waals surface area contributed by atoms with Crippen LogP contribution < -0.4 is 0 Å². The van der Waals surface area contributed by atoms with E-state index < -0.39 is 0 Å². The number of H-pyrrole nitrogens is 1. The number of fused-ring (bicyclic) bond motifs is 1. The van der Waals surface area contributed by atoms with Crippen molar-refractivity contribution in [2.24, 2.45) is 0 Å². The Morgan fingerprint density at radius 3 is 3.19 bits per heavy atom. The van der Waals surface area contributed by atoms with Crippen molar-refractivity contribution in [2.45, 2.75) is 13.3 Å². The molecule has 0 unspecified atom stereocenters. The molecule has 0 aliphatic carbocycles. The van der Waals surface area contributed by atoms with E-state index in [4.69, 9.17) is 4.42 Å². The molecule has 0 aromatic carbocycles. The van der Waals surface area contributed by atoms with E-state index in [0.29, 0.717) is 6.42 Å². The van der Waals surface area contributed by atoms with E-state index in [9.17, 15) is 0 Å². The molecule has 16 heavy (non-hydrogen) atoms. The maximum Gasteiger partial charge on any atom is 0.118 e. The fraction of sp³-hybridized carbons (Fsp3) is 0.182. The van der Waals surface area contributed by atoms with Crippen molar-refractivity contribution in [1.82, 2.24) is 20.4 Å². The Bertz CT molecular complexity index is 612. The molecule has 3 heterocycles. The van der Waals surface area contributed by atoms with Crippen LogP contribution in [0, 0.1) is 6.92 Å². The zero-order chi connectivity index (χ0) is 11.0. The van der Waals surface area contributed by atoms with Crippen molar-refractivity contribution in [2.75, 3.05) is 0 Å². The van der Waals surface area contributed by atoms with E-state index in [1.165, 1.54) is 0 Å². The van der Waals surface area contributed by atoms with E-state index in [1.807, 2.05) is 13.0 Å². The van der Waals surface area contributed by atoms with Gasteiger partial charge in [-0.3, -0.25) is 5.10 Å². The van der Waals surface area contributed by atoms with Crippen molar-refractivity contribution in [3.8, 4) is 0 Å². The zero-order valence-corrected chi connectivity index (χ0v) is 8.77. The van der Waals surface area contributed by atoms with Gasteiger partial charge < -0.3 is 4.42 Å². The maximum absolute atomic E-state index is 5.03. The summed E-state index contributed by atoms with van der Waals surface area (Å²) in [7, 11) is 0. The van der Waals surface area contributed by atoms with Gasteiger partial charge in [0.2, 0.25) is 0 Å². The summed E-state index contributed by atoms with van der Waals surface area (Å²) in [5.41, 5.74) is 3.83. The summed E-state index contributed by atoms with van der Waals surface area (Å²) in [6.07, 6.45) is 5.77. The second kappa shape index (κ2) is 3.44. The monoisotopic (exact) mass is 214 g/mol. The lowest BCUT2D eigenvalue weighted by Crippen LogP contribution is -1.94. The van der Waals surface area contributed by atoms with Crippen LogP contribution in [0.1, 0.15) is 17.0 Å². The van der Waals surface area contributed by atoms with Crippen molar-refractivity contribution in [3.05, 3.63) is 41.7 Å². The average molecular weight is 214 g/mol. The number of aromatic amines is 1. The minimum atomic E-state index is 0.686. The fourth-order valence-corrected chi connectivity index (χ4v) is 1.73. The van der Waals surface area contributed by atoms with Gasteiger partial charge in [-0.05, 0) is 18.6 Å². The summed E-state index contributed by atoms with van der Waals surface area (Å²) >= 11 is 0. The largest absolute Gasteiger partial charge is 0.472 e. The van der Waals surface area contributed by atoms with Crippen LogP contribution in [-0.4, -0.2) is 20.4 Å². The Morgan fingerprint density at radius 2 is 2.38 bits per heavy atom. The third kappa shape index (κ3) is 1.37. The molecule has 0 radical (unpaired) electrons. The van der Waals surface area contributed by atoms with E-state index >= 15 is 0 Å². The van der Waals surface area contributed by atoms with Crippen molar-refractivity contribution < 1.29 is 4.42 Å². The first kappa shape index (κ1) is 9.08. The van der Waals surface area contributed by atoms with E-state index in [2.05, 4.69) is 20.4 Å². The first-order chi connectivity index (χ1) is 7.84. The average Bonchev–Trinajstić information content (AvgIpc) is 2.90. The maximum atomic E-state index is 5.03. The van der Waals surface area contributed by atoms with Crippen LogP contribution in [0.15, 0.2) is 29.2 Å². The quantitative estimate of drug-likeness (QED) is 0.706. The summed E-state index contributed by atoms with van der Waals surface area (Å²) in [4.78, 5) is 0. The molecule has 3 aromatic rings. The topological polar surface area (TPSA) is 67.6 Å². The van der Waals surface area contributed by atoms with E-state index in [1.54, 1.807) is 18.7 Å². The molecular formula is C11H10N4O. The smallest absolute Gasteiger partial charge is 0.118 e. The Labute approximate surface area is 91.5 Å². The Kier molecular flexibility index (Phi) is 1.96. The molecule has 3 rings (SSSR count). The van der Waals surface area contributed by atoms with Crippen molar-refractivity contribution >= 4 is 10.9 Å². The van der Waals surface area contributed by atoms with Crippen LogP contribution in [0.4, 0.5) is 0 Å². The van der Waals surface area contributed by atoms with Crippen molar-refractivity contribution in [3.63, 3.8) is 0 Å². The molecule has 0 aliphatic heterocycles. The Morgan fingerprint density at radius 1 is 1.44 bits per heavy atom. The van der Waals surface area contributed by atoms with Gasteiger partial charge in [0.05, 0.1) is 24.4 Å². The Balaban J connectivity index is 2.10. The Hall–Kier alpha value is -2.17. The predicted octanol–water partition coefficient (Wildman–Crippen LogP) is 1.85. The highest BCUT2D eigenvalue weighted by molar-refractivity contribution is 5.82. The highest BCUT2D eigenvalue weighted by atomic mass is 16.3. The summed E-state index contributed by atoms with van der Waals surface area (Å²) in [5, 5.41) is 16.3. The van der Waals surface area contributed by atoms with Gasteiger partial charge in [-0.25, -0.2) is 0 Å². The van der Waals surface area contributed by atoms with Crippen LogP contribution >= 0.6 is 0 Å². The highest BCUT2D eigenvalue weighted by Crippen LogP contribution is 2.18. The van der Waals surface area contributed by atoms with Gasteiger partial charge in [0.15, 0.2) is 0 Å². The molecule has 0 spiro atoms.